The number of amides is 1. The van der Waals surface area contributed by atoms with Crippen molar-refractivity contribution in [3.05, 3.63) is 46.8 Å². The molecule has 3 aromatic rings. The van der Waals surface area contributed by atoms with Crippen LogP contribution in [0.25, 0.3) is 10.2 Å². The number of aryl methyl sites for hydroxylation is 1. The van der Waals surface area contributed by atoms with E-state index in [0.29, 0.717) is 22.8 Å². The number of rotatable bonds is 8. The van der Waals surface area contributed by atoms with Crippen LogP contribution in [0.1, 0.15) is 56.3 Å². The molecular weight excluding hydrogens is 542 g/mol. The minimum atomic E-state index is -3.65. The summed E-state index contributed by atoms with van der Waals surface area (Å²) in [7, 11) is -3.65. The summed E-state index contributed by atoms with van der Waals surface area (Å²) in [6.07, 6.45) is 3.60. The van der Waals surface area contributed by atoms with Crippen LogP contribution in [0.3, 0.4) is 0 Å². The van der Waals surface area contributed by atoms with Crippen LogP contribution in [0, 0.1) is 0 Å². The summed E-state index contributed by atoms with van der Waals surface area (Å²) in [5, 5.41) is 0. The first-order valence-corrected chi connectivity index (χ1v) is 15.4. The lowest BCUT2D eigenvalue weighted by atomic mass is 10.0. The Morgan fingerprint density at radius 2 is 1.85 bits per heavy atom. The average Bonchev–Trinajstić information content (AvgIpc) is 3.53. The van der Waals surface area contributed by atoms with E-state index in [-0.39, 0.29) is 48.8 Å². The first-order valence-electron chi connectivity index (χ1n) is 13.1. The molecule has 39 heavy (non-hydrogen) atoms. The van der Waals surface area contributed by atoms with Crippen LogP contribution in [0.4, 0.5) is 0 Å². The summed E-state index contributed by atoms with van der Waals surface area (Å²) in [5.74, 6) is 0.326. The van der Waals surface area contributed by atoms with E-state index < -0.39 is 15.9 Å². The standard InChI is InChI=1S/C27H31N3O7S2/c1-3-19-7-5-6-13-30(19)39(33,34)20-10-8-18(9-11-20)26(32)28-27-29(14-12-25(31)35-4-2)21-15-22-23(37-17-36-22)16-24(21)38-27/h8-11,15-16,19H,3-7,12-14,17H2,1-2H3. The Morgan fingerprint density at radius 3 is 2.56 bits per heavy atom. The molecular formula is C27H31N3O7S2. The molecule has 2 aromatic carbocycles. The van der Waals surface area contributed by atoms with E-state index in [1.807, 2.05) is 19.1 Å². The fourth-order valence-corrected chi connectivity index (χ4v) is 7.78. The Hall–Kier alpha value is -3.22. The number of thiazole rings is 1. The highest BCUT2D eigenvalue weighted by atomic mass is 32.2. The van der Waals surface area contributed by atoms with Gasteiger partial charge in [0.25, 0.3) is 5.91 Å². The zero-order chi connectivity index (χ0) is 27.6. The SMILES string of the molecule is CCOC(=O)CCn1c(=NC(=O)c2ccc(S(=O)(=O)N3CCCCC3CC)cc2)sc2cc3c(cc21)OCO3. The number of sulfonamides is 1. The van der Waals surface area contributed by atoms with Crippen LogP contribution in [-0.4, -0.2) is 55.2 Å². The lowest BCUT2D eigenvalue weighted by molar-refractivity contribution is -0.143. The molecule has 0 bridgehead atoms. The van der Waals surface area contributed by atoms with Gasteiger partial charge in [-0.3, -0.25) is 9.59 Å². The van der Waals surface area contributed by atoms with Crippen molar-refractivity contribution in [2.75, 3.05) is 19.9 Å². The number of ether oxygens (including phenoxy) is 3. The van der Waals surface area contributed by atoms with Gasteiger partial charge in [0.05, 0.1) is 28.1 Å². The van der Waals surface area contributed by atoms with Gasteiger partial charge in [-0.2, -0.15) is 9.30 Å². The Morgan fingerprint density at radius 1 is 1.10 bits per heavy atom. The molecule has 0 saturated carbocycles. The number of esters is 1. The molecule has 0 spiro atoms. The van der Waals surface area contributed by atoms with Gasteiger partial charge in [-0.05, 0) is 50.5 Å². The monoisotopic (exact) mass is 573 g/mol. The smallest absolute Gasteiger partial charge is 0.307 e. The van der Waals surface area contributed by atoms with Gasteiger partial charge in [-0.1, -0.05) is 24.7 Å². The minimum Gasteiger partial charge on any atom is -0.466 e. The predicted molar refractivity (Wildman–Crippen MR) is 145 cm³/mol. The molecule has 1 aromatic heterocycles. The van der Waals surface area contributed by atoms with Crippen LogP contribution in [0.5, 0.6) is 11.5 Å². The first-order chi connectivity index (χ1) is 18.8. The maximum absolute atomic E-state index is 13.3. The van der Waals surface area contributed by atoms with E-state index in [9.17, 15) is 18.0 Å². The van der Waals surface area contributed by atoms with E-state index in [0.717, 1.165) is 35.9 Å². The minimum absolute atomic E-state index is 0.00440. The first kappa shape index (κ1) is 27.4. The number of fused-ring (bicyclic) bond motifs is 2. The van der Waals surface area contributed by atoms with Gasteiger partial charge in [0.15, 0.2) is 16.3 Å². The molecule has 208 valence electrons. The molecule has 1 fully saturated rings. The van der Waals surface area contributed by atoms with E-state index in [4.69, 9.17) is 14.2 Å². The second-order valence-electron chi connectivity index (χ2n) is 9.38. The summed E-state index contributed by atoms with van der Waals surface area (Å²) >= 11 is 1.29. The lowest BCUT2D eigenvalue weighted by Crippen LogP contribution is -2.43. The Balaban J connectivity index is 1.45. The highest BCUT2D eigenvalue weighted by Crippen LogP contribution is 2.37. The summed E-state index contributed by atoms with van der Waals surface area (Å²) in [4.78, 5) is 30.1. The molecule has 3 heterocycles. The van der Waals surface area contributed by atoms with Crippen LogP contribution >= 0.6 is 11.3 Å². The fourth-order valence-electron chi connectivity index (χ4n) is 4.95. The third-order valence-corrected chi connectivity index (χ3v) is 9.98. The molecule has 2 aliphatic heterocycles. The highest BCUT2D eigenvalue weighted by Gasteiger charge is 2.32. The van der Waals surface area contributed by atoms with Gasteiger partial charge in [-0.25, -0.2) is 8.42 Å². The number of piperidine rings is 1. The van der Waals surface area contributed by atoms with Crippen LogP contribution in [-0.2, 0) is 26.1 Å². The van der Waals surface area contributed by atoms with Crippen LogP contribution < -0.4 is 14.3 Å². The summed E-state index contributed by atoms with van der Waals surface area (Å²) in [6.45, 7) is 4.93. The Bertz CT molecular complexity index is 1560. The lowest BCUT2D eigenvalue weighted by Gasteiger charge is -2.34. The maximum atomic E-state index is 13.3. The third kappa shape index (κ3) is 5.59. The molecule has 10 nitrogen and oxygen atoms in total. The van der Waals surface area contributed by atoms with Gasteiger partial charge >= 0.3 is 5.97 Å². The zero-order valence-corrected chi connectivity index (χ0v) is 23.6. The normalized spacial score (nSPS) is 18.0. The zero-order valence-electron chi connectivity index (χ0n) is 21.9. The van der Waals surface area contributed by atoms with Crippen molar-refractivity contribution in [2.45, 2.75) is 63.4 Å². The summed E-state index contributed by atoms with van der Waals surface area (Å²) in [5.41, 5.74) is 1.02. The molecule has 1 atom stereocenters. The predicted octanol–water partition coefficient (Wildman–Crippen LogP) is 4.08. The Labute approximate surface area is 230 Å². The van der Waals surface area contributed by atoms with Crippen molar-refractivity contribution in [1.82, 2.24) is 8.87 Å². The van der Waals surface area contributed by atoms with E-state index in [2.05, 4.69) is 4.99 Å². The summed E-state index contributed by atoms with van der Waals surface area (Å²) in [6, 6.07) is 9.57. The van der Waals surface area contributed by atoms with Gasteiger partial charge in [0.2, 0.25) is 16.8 Å². The number of hydrogen-bond acceptors (Lipinski definition) is 8. The summed E-state index contributed by atoms with van der Waals surface area (Å²) < 4.78 is 46.8. The van der Waals surface area contributed by atoms with Crippen molar-refractivity contribution in [3.8, 4) is 11.5 Å². The van der Waals surface area contributed by atoms with Crippen molar-refractivity contribution in [2.24, 2.45) is 4.99 Å². The second-order valence-corrected chi connectivity index (χ2v) is 12.3. The van der Waals surface area contributed by atoms with E-state index in [1.165, 1.54) is 35.6 Å². The molecule has 0 N–H and O–H groups in total. The highest BCUT2D eigenvalue weighted by molar-refractivity contribution is 7.89. The number of aromatic nitrogens is 1. The molecule has 1 saturated heterocycles. The average molecular weight is 574 g/mol. The van der Waals surface area contributed by atoms with Crippen molar-refractivity contribution < 1.29 is 32.2 Å². The number of benzene rings is 2. The molecule has 2 aliphatic rings. The Kier molecular flexibility index (Phi) is 8.06. The number of hydrogen-bond donors (Lipinski definition) is 0. The van der Waals surface area contributed by atoms with Gasteiger partial charge in [0, 0.05) is 36.8 Å². The van der Waals surface area contributed by atoms with Gasteiger partial charge in [-0.15, -0.1) is 0 Å². The van der Waals surface area contributed by atoms with Crippen LogP contribution in [0.15, 0.2) is 46.3 Å². The van der Waals surface area contributed by atoms with E-state index >= 15 is 0 Å². The third-order valence-electron chi connectivity index (χ3n) is 6.97. The molecule has 0 radical (unpaired) electrons. The van der Waals surface area contributed by atoms with Crippen molar-refractivity contribution >= 4 is 43.5 Å². The van der Waals surface area contributed by atoms with E-state index in [1.54, 1.807) is 15.8 Å². The second kappa shape index (κ2) is 11.5. The molecule has 12 heteroatoms. The van der Waals surface area contributed by atoms with Crippen molar-refractivity contribution in [3.63, 3.8) is 0 Å². The molecule has 0 aliphatic carbocycles. The topological polar surface area (TPSA) is 117 Å². The van der Waals surface area contributed by atoms with Gasteiger partial charge < -0.3 is 18.8 Å². The number of carbonyl (C=O) groups excluding carboxylic acids is 2. The largest absolute Gasteiger partial charge is 0.466 e. The number of nitrogens with zero attached hydrogens (tertiary/aromatic N) is 3. The van der Waals surface area contributed by atoms with Gasteiger partial charge in [0.1, 0.15) is 0 Å². The quantitative estimate of drug-likeness (QED) is 0.373. The molecule has 5 rings (SSSR count). The maximum Gasteiger partial charge on any atom is 0.307 e. The van der Waals surface area contributed by atoms with Crippen LogP contribution in [0.2, 0.25) is 0 Å². The fraction of sp³-hybridized carbons (Fsp3) is 0.444. The number of carbonyl (C=O) groups is 2. The molecule has 1 amide bonds. The van der Waals surface area contributed by atoms with Crippen molar-refractivity contribution in [1.29, 1.82) is 0 Å². The molecule has 1 unspecified atom stereocenters.